The van der Waals surface area contributed by atoms with Crippen LogP contribution < -0.4 is 5.32 Å². The van der Waals surface area contributed by atoms with Gasteiger partial charge in [0.05, 0.1) is 11.6 Å². The summed E-state index contributed by atoms with van der Waals surface area (Å²) in [4.78, 5) is 4.47. The number of pyridine rings is 1. The van der Waals surface area contributed by atoms with Crippen LogP contribution >= 0.6 is 0 Å². The van der Waals surface area contributed by atoms with Gasteiger partial charge < -0.3 is 9.73 Å². The molecule has 18 heavy (non-hydrogen) atoms. The van der Waals surface area contributed by atoms with Crippen LogP contribution in [0.25, 0.3) is 11.0 Å². The van der Waals surface area contributed by atoms with Crippen molar-refractivity contribution in [2.45, 2.75) is 45.6 Å². The maximum atomic E-state index is 5.42. The van der Waals surface area contributed by atoms with Crippen LogP contribution in [0, 0.1) is 5.41 Å². The highest BCUT2D eigenvalue weighted by molar-refractivity contribution is 5.87. The number of fused-ring (bicyclic) bond motifs is 1. The van der Waals surface area contributed by atoms with Crippen LogP contribution in [0.2, 0.25) is 0 Å². The van der Waals surface area contributed by atoms with Crippen LogP contribution in [0.4, 0.5) is 5.82 Å². The molecular weight excluding hydrogens is 224 g/mol. The Bertz CT molecular complexity index is 544. The smallest absolute Gasteiger partial charge is 0.139 e. The molecule has 1 atom stereocenters. The van der Waals surface area contributed by atoms with Gasteiger partial charge in [0, 0.05) is 12.2 Å². The molecular formula is C15H20N2O. The second kappa shape index (κ2) is 4.30. The Labute approximate surface area is 108 Å². The maximum absolute atomic E-state index is 5.42. The lowest BCUT2D eigenvalue weighted by Crippen LogP contribution is -2.39. The molecule has 0 aromatic carbocycles. The molecule has 1 N–H and O–H groups in total. The van der Waals surface area contributed by atoms with Gasteiger partial charge in [-0.1, -0.05) is 26.7 Å². The van der Waals surface area contributed by atoms with Gasteiger partial charge in [0.2, 0.25) is 0 Å². The third-order valence-electron chi connectivity index (χ3n) is 4.20. The molecule has 0 amide bonds. The Hall–Kier alpha value is -1.51. The summed E-state index contributed by atoms with van der Waals surface area (Å²) in [6.45, 7) is 4.69. The Morgan fingerprint density at radius 3 is 3.06 bits per heavy atom. The van der Waals surface area contributed by atoms with Crippen LogP contribution in [-0.2, 0) is 0 Å². The molecule has 0 bridgehead atoms. The van der Waals surface area contributed by atoms with Crippen LogP contribution in [0.5, 0.6) is 0 Å². The minimum Gasteiger partial charge on any atom is -0.464 e. The third-order valence-corrected chi connectivity index (χ3v) is 4.20. The molecule has 0 spiro atoms. The normalized spacial score (nSPS) is 23.1. The van der Waals surface area contributed by atoms with Crippen molar-refractivity contribution in [1.29, 1.82) is 0 Å². The monoisotopic (exact) mass is 244 g/mol. The lowest BCUT2D eigenvalue weighted by atomic mass is 9.73. The first-order chi connectivity index (χ1) is 8.67. The molecule has 96 valence electrons. The molecule has 1 aliphatic carbocycles. The fraction of sp³-hybridized carbons (Fsp3) is 0.533. The van der Waals surface area contributed by atoms with Crippen molar-refractivity contribution in [3.63, 3.8) is 0 Å². The third kappa shape index (κ3) is 1.98. The number of rotatable bonds is 2. The average molecular weight is 244 g/mol. The Balaban J connectivity index is 1.89. The number of anilines is 1. The van der Waals surface area contributed by atoms with Crippen molar-refractivity contribution in [3.8, 4) is 0 Å². The lowest BCUT2D eigenvalue weighted by Gasteiger charge is -2.39. The molecule has 2 heterocycles. The lowest BCUT2D eigenvalue weighted by molar-refractivity contribution is 0.217. The molecule has 2 aromatic rings. The van der Waals surface area contributed by atoms with Gasteiger partial charge in [-0.2, -0.15) is 0 Å². The highest BCUT2D eigenvalue weighted by Gasteiger charge is 2.32. The minimum absolute atomic E-state index is 0.339. The fourth-order valence-electron chi connectivity index (χ4n) is 2.94. The molecule has 1 fully saturated rings. The van der Waals surface area contributed by atoms with Crippen LogP contribution in [-0.4, -0.2) is 11.0 Å². The quantitative estimate of drug-likeness (QED) is 0.860. The molecule has 1 unspecified atom stereocenters. The summed E-state index contributed by atoms with van der Waals surface area (Å²) < 4.78 is 5.42. The first-order valence-corrected chi connectivity index (χ1v) is 6.75. The molecule has 0 radical (unpaired) electrons. The number of aromatic nitrogens is 1. The van der Waals surface area contributed by atoms with E-state index in [1.165, 1.54) is 25.7 Å². The van der Waals surface area contributed by atoms with Crippen molar-refractivity contribution in [2.75, 3.05) is 5.32 Å². The maximum Gasteiger partial charge on any atom is 0.139 e. The summed E-state index contributed by atoms with van der Waals surface area (Å²) in [6, 6.07) is 4.40. The van der Waals surface area contributed by atoms with Crippen molar-refractivity contribution in [3.05, 3.63) is 24.6 Å². The molecule has 3 rings (SSSR count). The first kappa shape index (κ1) is 11.6. The van der Waals surface area contributed by atoms with Crippen molar-refractivity contribution >= 4 is 16.8 Å². The van der Waals surface area contributed by atoms with E-state index in [1.54, 1.807) is 6.26 Å². The second-order valence-corrected chi connectivity index (χ2v) is 5.92. The molecule has 1 aliphatic rings. The summed E-state index contributed by atoms with van der Waals surface area (Å²) in [6.07, 6.45) is 8.69. The summed E-state index contributed by atoms with van der Waals surface area (Å²) in [5, 5.41) is 4.71. The molecule has 3 heteroatoms. The van der Waals surface area contributed by atoms with Crippen molar-refractivity contribution in [2.24, 2.45) is 5.41 Å². The van der Waals surface area contributed by atoms with E-state index in [1.807, 2.05) is 18.3 Å². The minimum atomic E-state index is 0.339. The number of nitrogens with one attached hydrogen (secondary N) is 1. The topological polar surface area (TPSA) is 38.1 Å². The number of hydrogen-bond donors (Lipinski definition) is 1. The van der Waals surface area contributed by atoms with Gasteiger partial charge in [-0.05, 0) is 30.4 Å². The fourth-order valence-corrected chi connectivity index (χ4v) is 2.94. The van der Waals surface area contributed by atoms with Gasteiger partial charge in [-0.3, -0.25) is 0 Å². The van der Waals surface area contributed by atoms with Gasteiger partial charge in [-0.15, -0.1) is 0 Å². The summed E-state index contributed by atoms with van der Waals surface area (Å²) >= 11 is 0. The van der Waals surface area contributed by atoms with E-state index in [0.717, 1.165) is 16.8 Å². The van der Waals surface area contributed by atoms with E-state index in [-0.39, 0.29) is 0 Å². The molecule has 0 aliphatic heterocycles. The largest absolute Gasteiger partial charge is 0.464 e. The zero-order valence-electron chi connectivity index (χ0n) is 11.1. The predicted molar refractivity (Wildman–Crippen MR) is 73.7 cm³/mol. The van der Waals surface area contributed by atoms with Gasteiger partial charge >= 0.3 is 0 Å². The highest BCUT2D eigenvalue weighted by Crippen LogP contribution is 2.37. The Kier molecular flexibility index (Phi) is 2.77. The molecule has 0 saturated heterocycles. The second-order valence-electron chi connectivity index (χ2n) is 5.92. The number of furan rings is 1. The van der Waals surface area contributed by atoms with Gasteiger partial charge in [0.25, 0.3) is 0 Å². The number of hydrogen-bond acceptors (Lipinski definition) is 3. The Morgan fingerprint density at radius 1 is 1.33 bits per heavy atom. The standard InChI is InChI=1S/C15H20N2O/c1-15(2)8-4-3-5-13(15)17-14-11-7-10-18-12(11)6-9-16-14/h6-7,9-10,13H,3-5,8H2,1-2H3,(H,16,17). The van der Waals surface area contributed by atoms with Crippen LogP contribution in [0.1, 0.15) is 39.5 Å². The SMILES string of the molecule is CC1(C)CCCCC1Nc1nccc2occc12. The molecule has 3 nitrogen and oxygen atoms in total. The van der Waals surface area contributed by atoms with E-state index in [9.17, 15) is 0 Å². The van der Waals surface area contributed by atoms with Gasteiger partial charge in [-0.25, -0.2) is 4.98 Å². The predicted octanol–water partition coefficient (Wildman–Crippen LogP) is 4.21. The van der Waals surface area contributed by atoms with E-state index in [4.69, 9.17) is 4.42 Å². The Morgan fingerprint density at radius 2 is 2.22 bits per heavy atom. The summed E-state index contributed by atoms with van der Waals surface area (Å²) in [5.74, 6) is 0.959. The zero-order valence-corrected chi connectivity index (χ0v) is 11.1. The van der Waals surface area contributed by atoms with Crippen LogP contribution in [0.3, 0.4) is 0 Å². The number of nitrogens with zero attached hydrogens (tertiary/aromatic N) is 1. The van der Waals surface area contributed by atoms with E-state index in [0.29, 0.717) is 11.5 Å². The zero-order chi connectivity index (χ0) is 12.6. The van der Waals surface area contributed by atoms with Gasteiger partial charge in [0.1, 0.15) is 11.4 Å². The van der Waals surface area contributed by atoms with Crippen molar-refractivity contribution in [1.82, 2.24) is 4.98 Å². The van der Waals surface area contributed by atoms with Crippen molar-refractivity contribution < 1.29 is 4.42 Å². The van der Waals surface area contributed by atoms with E-state index >= 15 is 0 Å². The first-order valence-electron chi connectivity index (χ1n) is 6.75. The average Bonchev–Trinajstić information content (AvgIpc) is 2.81. The van der Waals surface area contributed by atoms with Gasteiger partial charge in [0.15, 0.2) is 0 Å². The molecule has 2 aromatic heterocycles. The van der Waals surface area contributed by atoms with E-state index < -0.39 is 0 Å². The highest BCUT2D eigenvalue weighted by atomic mass is 16.3. The summed E-state index contributed by atoms with van der Waals surface area (Å²) in [7, 11) is 0. The summed E-state index contributed by atoms with van der Waals surface area (Å²) in [5.41, 5.74) is 1.24. The van der Waals surface area contributed by atoms with Crippen LogP contribution in [0.15, 0.2) is 29.0 Å². The molecule has 1 saturated carbocycles. The van der Waals surface area contributed by atoms with E-state index in [2.05, 4.69) is 24.1 Å².